The zero-order valence-corrected chi connectivity index (χ0v) is 7.78. The van der Waals surface area contributed by atoms with Crippen molar-refractivity contribution in [3.05, 3.63) is 23.7 Å². The SMILES string of the molecule is COC(=O)c1ccc(C(=O)C2CC2)o1. The molecule has 1 aromatic rings. The summed E-state index contributed by atoms with van der Waals surface area (Å²) in [5.74, 6) is -0.129. The number of carbonyl (C=O) groups excluding carboxylic acids is 2. The van der Waals surface area contributed by atoms with Crippen molar-refractivity contribution in [2.75, 3.05) is 7.11 Å². The van der Waals surface area contributed by atoms with Crippen LogP contribution >= 0.6 is 0 Å². The highest BCUT2D eigenvalue weighted by Crippen LogP contribution is 2.33. The van der Waals surface area contributed by atoms with Crippen LogP contribution in [-0.4, -0.2) is 18.9 Å². The predicted molar refractivity (Wildman–Crippen MR) is 47.1 cm³/mol. The normalized spacial score (nSPS) is 15.2. The number of ketones is 1. The van der Waals surface area contributed by atoms with Gasteiger partial charge in [0, 0.05) is 5.92 Å². The van der Waals surface area contributed by atoms with Gasteiger partial charge >= 0.3 is 5.97 Å². The quantitative estimate of drug-likeness (QED) is 0.542. The Kier molecular flexibility index (Phi) is 2.11. The molecule has 0 saturated heterocycles. The van der Waals surface area contributed by atoms with Crippen LogP contribution in [0.25, 0.3) is 0 Å². The first-order valence-corrected chi connectivity index (χ1v) is 4.44. The van der Waals surface area contributed by atoms with Gasteiger partial charge in [0.1, 0.15) is 0 Å². The minimum Gasteiger partial charge on any atom is -0.463 e. The van der Waals surface area contributed by atoms with E-state index in [2.05, 4.69) is 4.74 Å². The lowest BCUT2D eigenvalue weighted by Crippen LogP contribution is -2.01. The molecule has 0 radical (unpaired) electrons. The van der Waals surface area contributed by atoms with E-state index < -0.39 is 5.97 Å². The fourth-order valence-corrected chi connectivity index (χ4v) is 1.23. The number of hydrogen-bond donors (Lipinski definition) is 0. The van der Waals surface area contributed by atoms with Crippen LogP contribution < -0.4 is 0 Å². The highest BCUT2D eigenvalue weighted by atomic mass is 16.5. The van der Waals surface area contributed by atoms with E-state index >= 15 is 0 Å². The van der Waals surface area contributed by atoms with Gasteiger partial charge in [-0.1, -0.05) is 0 Å². The summed E-state index contributed by atoms with van der Waals surface area (Å²) in [5.41, 5.74) is 0. The van der Waals surface area contributed by atoms with Crippen molar-refractivity contribution in [3.8, 4) is 0 Å². The lowest BCUT2D eigenvalue weighted by molar-refractivity contribution is 0.0563. The first-order chi connectivity index (χ1) is 6.72. The molecule has 0 unspecified atom stereocenters. The molecule has 1 fully saturated rings. The van der Waals surface area contributed by atoms with E-state index in [1.165, 1.54) is 19.2 Å². The lowest BCUT2D eigenvalue weighted by atomic mass is 10.2. The molecule has 1 saturated carbocycles. The summed E-state index contributed by atoms with van der Waals surface area (Å²) in [7, 11) is 1.27. The summed E-state index contributed by atoms with van der Waals surface area (Å²) in [6.07, 6.45) is 1.85. The van der Waals surface area contributed by atoms with Crippen molar-refractivity contribution >= 4 is 11.8 Å². The topological polar surface area (TPSA) is 56.5 Å². The molecule has 1 aliphatic rings. The van der Waals surface area contributed by atoms with Crippen molar-refractivity contribution in [1.29, 1.82) is 0 Å². The van der Waals surface area contributed by atoms with Crippen molar-refractivity contribution in [3.63, 3.8) is 0 Å². The van der Waals surface area contributed by atoms with Crippen molar-refractivity contribution in [2.45, 2.75) is 12.8 Å². The first kappa shape index (κ1) is 8.99. The molecule has 4 heteroatoms. The summed E-state index contributed by atoms with van der Waals surface area (Å²) in [4.78, 5) is 22.5. The first-order valence-electron chi connectivity index (χ1n) is 4.44. The number of Topliss-reactive ketones (excluding diaryl/α,β-unsaturated/α-hetero) is 1. The fraction of sp³-hybridized carbons (Fsp3) is 0.400. The van der Waals surface area contributed by atoms with Crippen molar-refractivity contribution in [2.24, 2.45) is 5.92 Å². The number of hydrogen-bond acceptors (Lipinski definition) is 4. The summed E-state index contributed by atoms with van der Waals surface area (Å²) in [6, 6.07) is 2.98. The van der Waals surface area contributed by atoms with Gasteiger partial charge in [-0.2, -0.15) is 0 Å². The molecule has 1 heterocycles. The summed E-state index contributed by atoms with van der Waals surface area (Å²) < 4.78 is 9.54. The van der Waals surface area contributed by atoms with Gasteiger partial charge in [0.15, 0.2) is 5.76 Å². The molecule has 14 heavy (non-hydrogen) atoms. The van der Waals surface area contributed by atoms with E-state index in [1.54, 1.807) is 0 Å². The van der Waals surface area contributed by atoms with Gasteiger partial charge in [-0.05, 0) is 25.0 Å². The molecule has 0 aromatic carbocycles. The Morgan fingerprint density at radius 1 is 1.36 bits per heavy atom. The molecule has 74 valence electrons. The van der Waals surface area contributed by atoms with Gasteiger partial charge in [0.2, 0.25) is 11.5 Å². The molecule has 2 rings (SSSR count). The van der Waals surface area contributed by atoms with E-state index in [0.717, 1.165) is 12.8 Å². The van der Waals surface area contributed by atoms with Crippen molar-refractivity contribution in [1.82, 2.24) is 0 Å². The van der Waals surface area contributed by atoms with Crippen LogP contribution in [0.4, 0.5) is 0 Å². The molecule has 1 aliphatic carbocycles. The number of methoxy groups -OCH3 is 1. The van der Waals surface area contributed by atoms with E-state index in [0.29, 0.717) is 0 Å². The average molecular weight is 194 g/mol. The summed E-state index contributed by atoms with van der Waals surface area (Å²) >= 11 is 0. The van der Waals surface area contributed by atoms with Crippen LogP contribution in [0.1, 0.15) is 34.0 Å². The molecule has 4 nitrogen and oxygen atoms in total. The average Bonchev–Trinajstić information content (AvgIpc) is 2.93. The second-order valence-corrected chi connectivity index (χ2v) is 3.29. The molecule has 0 atom stereocenters. The minimum absolute atomic E-state index is 0.0137. The van der Waals surface area contributed by atoms with Crippen molar-refractivity contribution < 1.29 is 18.7 Å². The van der Waals surface area contributed by atoms with Crippen LogP contribution in [0.3, 0.4) is 0 Å². The van der Waals surface area contributed by atoms with E-state index in [4.69, 9.17) is 4.42 Å². The molecule has 1 aromatic heterocycles. The highest BCUT2D eigenvalue weighted by Gasteiger charge is 2.32. The second-order valence-electron chi connectivity index (χ2n) is 3.29. The van der Waals surface area contributed by atoms with Crippen LogP contribution in [0.15, 0.2) is 16.5 Å². The Morgan fingerprint density at radius 3 is 2.57 bits per heavy atom. The molecular weight excluding hydrogens is 184 g/mol. The zero-order chi connectivity index (χ0) is 10.1. The van der Waals surface area contributed by atoms with Gasteiger partial charge in [-0.3, -0.25) is 4.79 Å². The standard InChI is InChI=1S/C10H10O4/c1-13-10(12)8-5-4-7(14-8)9(11)6-2-3-6/h4-6H,2-3H2,1H3. The third kappa shape index (κ3) is 1.55. The van der Waals surface area contributed by atoms with Gasteiger partial charge in [-0.25, -0.2) is 4.79 Å². The number of ether oxygens (including phenoxy) is 1. The lowest BCUT2D eigenvalue weighted by Gasteiger charge is -1.93. The van der Waals surface area contributed by atoms with E-state index in [1.807, 2.05) is 0 Å². The summed E-state index contributed by atoms with van der Waals surface area (Å²) in [6.45, 7) is 0. The van der Waals surface area contributed by atoms with Crippen LogP contribution in [0.5, 0.6) is 0 Å². The van der Waals surface area contributed by atoms with Crippen LogP contribution in [-0.2, 0) is 4.74 Å². The Labute approximate surface area is 80.8 Å². The molecule has 0 aliphatic heterocycles. The Balaban J connectivity index is 2.16. The molecular formula is C10H10O4. The number of esters is 1. The molecule has 0 N–H and O–H groups in total. The fourth-order valence-electron chi connectivity index (χ4n) is 1.23. The predicted octanol–water partition coefficient (Wildman–Crippen LogP) is 1.66. The smallest absolute Gasteiger partial charge is 0.373 e. The Morgan fingerprint density at radius 2 is 2.00 bits per heavy atom. The number of rotatable bonds is 3. The summed E-state index contributed by atoms with van der Waals surface area (Å²) in [5, 5.41) is 0. The van der Waals surface area contributed by atoms with E-state index in [-0.39, 0.29) is 23.2 Å². The van der Waals surface area contributed by atoms with Gasteiger partial charge < -0.3 is 9.15 Å². The second kappa shape index (κ2) is 3.29. The van der Waals surface area contributed by atoms with Gasteiger partial charge in [-0.15, -0.1) is 0 Å². The molecule has 0 amide bonds. The maximum Gasteiger partial charge on any atom is 0.373 e. The zero-order valence-electron chi connectivity index (χ0n) is 7.78. The maximum atomic E-state index is 11.5. The number of furan rings is 1. The van der Waals surface area contributed by atoms with Crippen LogP contribution in [0, 0.1) is 5.92 Å². The Hall–Kier alpha value is -1.58. The highest BCUT2D eigenvalue weighted by molar-refractivity contribution is 5.98. The minimum atomic E-state index is -0.556. The monoisotopic (exact) mass is 194 g/mol. The Bertz CT molecular complexity index is 373. The third-order valence-corrected chi connectivity index (χ3v) is 2.18. The van der Waals surface area contributed by atoms with Gasteiger partial charge in [0.25, 0.3) is 0 Å². The number of carbonyl (C=O) groups is 2. The molecule has 0 spiro atoms. The maximum absolute atomic E-state index is 11.5. The van der Waals surface area contributed by atoms with Crippen LogP contribution in [0.2, 0.25) is 0 Å². The largest absolute Gasteiger partial charge is 0.463 e. The van der Waals surface area contributed by atoms with E-state index in [9.17, 15) is 9.59 Å². The molecule has 0 bridgehead atoms. The van der Waals surface area contributed by atoms with Gasteiger partial charge in [0.05, 0.1) is 7.11 Å². The third-order valence-electron chi connectivity index (χ3n) is 2.18.